The van der Waals surface area contributed by atoms with Gasteiger partial charge in [-0.25, -0.2) is 17.8 Å². The summed E-state index contributed by atoms with van der Waals surface area (Å²) in [6, 6.07) is 3.31. The molecule has 11 nitrogen and oxygen atoms in total. The van der Waals surface area contributed by atoms with Gasteiger partial charge >= 0.3 is 0 Å². The molecule has 0 aliphatic rings. The van der Waals surface area contributed by atoms with E-state index in [1.54, 1.807) is 14.0 Å². The van der Waals surface area contributed by atoms with Crippen LogP contribution in [0, 0.1) is 28.9 Å². The van der Waals surface area contributed by atoms with Crippen LogP contribution >= 0.6 is 0 Å². The second-order valence-electron chi connectivity index (χ2n) is 8.24. The van der Waals surface area contributed by atoms with E-state index < -0.39 is 20.6 Å². The summed E-state index contributed by atoms with van der Waals surface area (Å²) in [5.74, 6) is -0.0679. The van der Waals surface area contributed by atoms with Crippen LogP contribution in [0.2, 0.25) is 0 Å². The molecule has 1 aromatic carbocycles. The van der Waals surface area contributed by atoms with Gasteiger partial charge in [-0.15, -0.1) is 0 Å². The van der Waals surface area contributed by atoms with Crippen LogP contribution in [-0.2, 0) is 17.1 Å². The van der Waals surface area contributed by atoms with Crippen LogP contribution in [0.4, 0.5) is 5.69 Å². The van der Waals surface area contributed by atoms with E-state index in [0.29, 0.717) is 12.1 Å². The summed E-state index contributed by atoms with van der Waals surface area (Å²) >= 11 is 0. The highest BCUT2D eigenvalue weighted by atomic mass is 32.2. The van der Waals surface area contributed by atoms with Gasteiger partial charge in [0.1, 0.15) is 10.6 Å². The number of hydrogen-bond acceptors (Lipinski definition) is 7. The van der Waals surface area contributed by atoms with Crippen LogP contribution in [0.5, 0.6) is 11.6 Å². The van der Waals surface area contributed by atoms with E-state index >= 15 is 0 Å². The van der Waals surface area contributed by atoms with Gasteiger partial charge in [0, 0.05) is 37.8 Å². The van der Waals surface area contributed by atoms with Gasteiger partial charge in [-0.2, -0.15) is 5.10 Å². The van der Waals surface area contributed by atoms with Gasteiger partial charge in [0.05, 0.1) is 4.92 Å². The third-order valence-electron chi connectivity index (χ3n) is 4.42. The molecule has 0 radical (unpaired) electrons. The number of nitrogens with zero attached hydrogens (tertiary/aromatic N) is 3. The van der Waals surface area contributed by atoms with Crippen LogP contribution in [0.1, 0.15) is 43.7 Å². The van der Waals surface area contributed by atoms with Crippen molar-refractivity contribution in [1.29, 1.82) is 0 Å². The highest BCUT2D eigenvalue weighted by Gasteiger charge is 2.26. The number of sulfonamides is 1. The number of carbonyl (C=O) groups is 1. The van der Waals surface area contributed by atoms with Crippen molar-refractivity contribution in [2.24, 2.45) is 18.9 Å². The maximum absolute atomic E-state index is 12.9. The maximum Gasteiger partial charge on any atom is 0.272 e. The number of nitro benzene ring substituents is 1. The molecule has 2 rings (SSSR count). The van der Waals surface area contributed by atoms with Gasteiger partial charge in [0.25, 0.3) is 11.6 Å². The summed E-state index contributed by atoms with van der Waals surface area (Å²) in [6.45, 7) is 9.83. The van der Waals surface area contributed by atoms with E-state index in [2.05, 4.69) is 15.1 Å². The molecule has 0 saturated carbocycles. The molecule has 1 aromatic heterocycles. The zero-order valence-corrected chi connectivity index (χ0v) is 19.8. The first-order valence-corrected chi connectivity index (χ1v) is 11.6. The van der Waals surface area contributed by atoms with Crippen LogP contribution in [-0.4, -0.2) is 42.1 Å². The fraction of sp³-hybridized carbons (Fsp3) is 0.500. The Labute approximate surface area is 187 Å². The third-order valence-corrected chi connectivity index (χ3v) is 5.87. The molecule has 0 bridgehead atoms. The lowest BCUT2D eigenvalue weighted by Crippen LogP contribution is -2.28. The molecule has 32 heavy (non-hydrogen) atoms. The molecule has 0 saturated heterocycles. The van der Waals surface area contributed by atoms with Gasteiger partial charge in [-0.1, -0.05) is 27.7 Å². The number of nitro groups is 1. The van der Waals surface area contributed by atoms with E-state index in [4.69, 9.17) is 4.74 Å². The monoisotopic (exact) mass is 467 g/mol. The minimum absolute atomic E-state index is 0.0269. The molecule has 12 heteroatoms. The molecular weight excluding hydrogens is 438 g/mol. The summed E-state index contributed by atoms with van der Waals surface area (Å²) in [7, 11) is -2.55. The molecule has 0 unspecified atom stereocenters. The Hall–Kier alpha value is -2.99. The van der Waals surface area contributed by atoms with Gasteiger partial charge in [-0.3, -0.25) is 14.9 Å². The predicted molar refractivity (Wildman–Crippen MR) is 118 cm³/mol. The standard InChI is InChI=1S/C20H29N5O6S/c1-12(2)10-21-19(26)18-14(5)20(24(6)23-18)31-16-8-7-15(25(27)28)9-17(16)32(29,30)22-11-13(3)4/h7-9,12-13,22H,10-11H2,1-6H3,(H,21,26). The highest BCUT2D eigenvalue weighted by molar-refractivity contribution is 7.89. The van der Waals surface area contributed by atoms with E-state index in [9.17, 15) is 23.3 Å². The van der Waals surface area contributed by atoms with E-state index in [0.717, 1.165) is 12.1 Å². The Balaban J connectivity index is 2.47. The van der Waals surface area contributed by atoms with Gasteiger partial charge < -0.3 is 10.1 Å². The van der Waals surface area contributed by atoms with Gasteiger partial charge in [0.15, 0.2) is 5.69 Å². The number of aryl methyl sites for hydroxylation is 1. The summed E-state index contributed by atoms with van der Waals surface area (Å²) in [5, 5.41) is 18.2. The van der Waals surface area contributed by atoms with Crippen molar-refractivity contribution in [2.75, 3.05) is 13.1 Å². The molecule has 0 atom stereocenters. The first-order chi connectivity index (χ1) is 14.8. The SMILES string of the molecule is Cc1c(C(=O)NCC(C)C)nn(C)c1Oc1ccc([N+](=O)[O-])cc1S(=O)(=O)NCC(C)C. The molecule has 0 aliphatic heterocycles. The minimum atomic E-state index is -4.10. The Morgan fingerprint density at radius 3 is 2.41 bits per heavy atom. The quantitative estimate of drug-likeness (QED) is 0.403. The molecule has 0 fully saturated rings. The summed E-state index contributed by atoms with van der Waals surface area (Å²) < 4.78 is 35.3. The number of non-ortho nitro benzene ring substituents is 1. The Bertz CT molecular complexity index is 1110. The molecule has 1 amide bonds. The molecule has 1 heterocycles. The minimum Gasteiger partial charge on any atom is -0.438 e. The zero-order valence-electron chi connectivity index (χ0n) is 19.0. The molecule has 2 N–H and O–H groups in total. The second-order valence-corrected chi connectivity index (χ2v) is 9.98. The summed E-state index contributed by atoms with van der Waals surface area (Å²) in [4.78, 5) is 22.6. The number of benzene rings is 1. The molecule has 0 aliphatic carbocycles. The fourth-order valence-corrected chi connectivity index (χ4v) is 4.07. The smallest absolute Gasteiger partial charge is 0.272 e. The topological polar surface area (TPSA) is 145 Å². The molecule has 2 aromatic rings. The average molecular weight is 468 g/mol. The van der Waals surface area contributed by atoms with Gasteiger partial charge in [-0.05, 0) is 24.8 Å². The Morgan fingerprint density at radius 1 is 1.22 bits per heavy atom. The van der Waals surface area contributed by atoms with E-state index in [-0.39, 0.29) is 46.5 Å². The number of hydrogen-bond donors (Lipinski definition) is 2. The van der Waals surface area contributed by atoms with Crippen molar-refractivity contribution in [3.8, 4) is 11.6 Å². The number of ether oxygens (including phenoxy) is 1. The number of rotatable bonds is 10. The summed E-state index contributed by atoms with van der Waals surface area (Å²) in [5.41, 5.74) is 0.163. The van der Waals surface area contributed by atoms with Crippen LogP contribution in [0.15, 0.2) is 23.1 Å². The normalized spacial score (nSPS) is 11.8. The largest absolute Gasteiger partial charge is 0.438 e. The lowest BCUT2D eigenvalue weighted by Gasteiger charge is -2.14. The van der Waals surface area contributed by atoms with E-state index in [1.807, 2.05) is 27.7 Å². The number of nitrogens with one attached hydrogen (secondary N) is 2. The van der Waals surface area contributed by atoms with Crippen molar-refractivity contribution in [2.45, 2.75) is 39.5 Å². The van der Waals surface area contributed by atoms with Crippen LogP contribution < -0.4 is 14.8 Å². The van der Waals surface area contributed by atoms with Crippen molar-refractivity contribution >= 4 is 21.6 Å². The lowest BCUT2D eigenvalue weighted by atomic mass is 10.2. The second kappa shape index (κ2) is 10.1. The van der Waals surface area contributed by atoms with Crippen LogP contribution in [0.25, 0.3) is 0 Å². The predicted octanol–water partition coefficient (Wildman–Crippen LogP) is 2.75. The Kier molecular flexibility index (Phi) is 7.97. The van der Waals surface area contributed by atoms with Crippen LogP contribution in [0.3, 0.4) is 0 Å². The first-order valence-electron chi connectivity index (χ1n) is 10.1. The van der Waals surface area contributed by atoms with Crippen molar-refractivity contribution in [1.82, 2.24) is 19.8 Å². The number of aromatic nitrogens is 2. The van der Waals surface area contributed by atoms with Crippen molar-refractivity contribution < 1.29 is 22.9 Å². The number of amides is 1. The van der Waals surface area contributed by atoms with Crippen molar-refractivity contribution in [3.05, 3.63) is 39.6 Å². The van der Waals surface area contributed by atoms with E-state index in [1.165, 1.54) is 10.7 Å². The summed E-state index contributed by atoms with van der Waals surface area (Å²) in [6.07, 6.45) is 0. The zero-order chi connectivity index (χ0) is 24.2. The highest BCUT2D eigenvalue weighted by Crippen LogP contribution is 2.34. The maximum atomic E-state index is 12.9. The Morgan fingerprint density at radius 2 is 1.84 bits per heavy atom. The average Bonchev–Trinajstić information content (AvgIpc) is 2.98. The fourth-order valence-electron chi connectivity index (χ4n) is 2.72. The first kappa shape index (κ1) is 25.3. The van der Waals surface area contributed by atoms with Crippen molar-refractivity contribution in [3.63, 3.8) is 0 Å². The molecule has 0 spiro atoms. The van der Waals surface area contributed by atoms with Gasteiger partial charge in [0.2, 0.25) is 15.9 Å². The number of carbonyl (C=O) groups excluding carboxylic acids is 1. The molecular formula is C20H29N5O6S. The third kappa shape index (κ3) is 6.04. The molecule has 176 valence electrons. The lowest BCUT2D eigenvalue weighted by molar-refractivity contribution is -0.385.